The van der Waals surface area contributed by atoms with Crippen molar-refractivity contribution in [2.45, 2.75) is 25.0 Å². The normalized spacial score (nSPS) is 16.8. The Kier molecular flexibility index (Phi) is 10.2. The van der Waals surface area contributed by atoms with Gasteiger partial charge in [0.1, 0.15) is 17.6 Å². The molecule has 1 aromatic heterocycles. The average Bonchev–Trinajstić information content (AvgIpc) is 3.00. The predicted octanol–water partition coefficient (Wildman–Crippen LogP) is 4.11. The van der Waals surface area contributed by atoms with E-state index in [1.54, 1.807) is 25.1 Å². The van der Waals surface area contributed by atoms with E-state index in [0.29, 0.717) is 36.7 Å². The third-order valence-corrected chi connectivity index (χ3v) is 7.55. The number of carbonyl (C=O) groups is 2. The monoisotopic (exact) mass is 592 g/mol. The van der Waals surface area contributed by atoms with Gasteiger partial charge < -0.3 is 15.4 Å². The van der Waals surface area contributed by atoms with E-state index in [9.17, 15) is 9.59 Å². The van der Waals surface area contributed by atoms with Gasteiger partial charge in [0.25, 0.3) is 5.91 Å². The van der Waals surface area contributed by atoms with Gasteiger partial charge in [-0.3, -0.25) is 14.9 Å². The first-order valence-corrected chi connectivity index (χ1v) is 14.4. The van der Waals surface area contributed by atoms with Gasteiger partial charge in [0.2, 0.25) is 5.95 Å². The Hall–Kier alpha value is -3.70. The Morgan fingerprint density at radius 3 is 2.68 bits per heavy atom. The maximum Gasteiger partial charge on any atom is 0.250 e. The number of Topliss-reactive ketones (excluding diaryl/α,β-unsaturated/α-hetero) is 1. The smallest absolute Gasteiger partial charge is 0.250 e. The number of nitrogens with one attached hydrogen (secondary N) is 1. The third-order valence-electron chi connectivity index (χ3n) is 6.91. The minimum Gasteiger partial charge on any atom is -0.497 e. The molecule has 2 aliphatic rings. The summed E-state index contributed by atoms with van der Waals surface area (Å²) in [5.41, 5.74) is 9.21. The molecule has 1 aliphatic heterocycles. The number of hydrogen-bond acceptors (Lipinski definition) is 9. The maximum absolute atomic E-state index is 13.8. The van der Waals surface area contributed by atoms with Gasteiger partial charge in [-0.2, -0.15) is 16.7 Å². The zero-order valence-electron chi connectivity index (χ0n) is 22.9. The van der Waals surface area contributed by atoms with Gasteiger partial charge in [0.05, 0.1) is 25.5 Å². The number of allylic oxidation sites excluding steroid dienone is 2. The summed E-state index contributed by atoms with van der Waals surface area (Å²) in [6.07, 6.45) is 9.82. The lowest BCUT2D eigenvalue weighted by Crippen LogP contribution is -2.49. The highest BCUT2D eigenvalue weighted by Crippen LogP contribution is 2.32. The number of nitrogens with zero attached hydrogens (tertiary/aromatic N) is 4. The van der Waals surface area contributed by atoms with E-state index < -0.39 is 12.1 Å². The van der Waals surface area contributed by atoms with E-state index in [-0.39, 0.29) is 30.0 Å². The summed E-state index contributed by atoms with van der Waals surface area (Å²) in [4.78, 5) is 40.2. The molecule has 214 valence electrons. The number of fused-ring (bicyclic) bond motifs is 1. The first kappa shape index (κ1) is 30.3. The highest BCUT2D eigenvalue weighted by molar-refractivity contribution is 7.98. The van der Waals surface area contributed by atoms with E-state index in [1.165, 1.54) is 4.90 Å². The molecular weight excluding hydrogens is 560 g/mol. The highest BCUT2D eigenvalue weighted by atomic mass is 35.5. The van der Waals surface area contributed by atoms with Crippen LogP contribution >= 0.6 is 24.2 Å². The summed E-state index contributed by atoms with van der Waals surface area (Å²) in [5.74, 6) is 1.99. The topological polar surface area (TPSA) is 114 Å². The number of aromatic nitrogens is 2. The number of thioether (sulfide) groups is 1. The maximum atomic E-state index is 13.8. The molecule has 5 rings (SSSR count). The number of rotatable bonds is 9. The highest BCUT2D eigenvalue weighted by Gasteiger charge is 2.34. The first-order chi connectivity index (χ1) is 19.5. The second-order valence-corrected chi connectivity index (χ2v) is 10.5. The SMILES string of the molecule is COc1ccc(C2=CC=CC(N3CNCc4cnc(N(C(=O)[C@@H](N)CCSC)c5ccccc5)nc43)C2=O)cc1.Cl. The second-order valence-electron chi connectivity index (χ2n) is 9.47. The molecule has 1 aliphatic carbocycles. The molecule has 0 spiro atoms. The number of ketones is 1. The van der Waals surface area contributed by atoms with Gasteiger partial charge in [-0.15, -0.1) is 12.4 Å². The van der Waals surface area contributed by atoms with Crippen molar-refractivity contribution in [3.8, 4) is 5.75 Å². The molecule has 11 heteroatoms. The number of methoxy groups -OCH3 is 1. The van der Waals surface area contributed by atoms with Crippen molar-refractivity contribution in [2.24, 2.45) is 5.73 Å². The standard InChI is InChI=1S/C30H32N6O3S.ClH/c1-39-23-13-11-20(12-14-23)24-9-6-10-26(27(24)37)35-19-32-17-21-18-33-30(34-28(21)35)36(22-7-4-3-5-8-22)29(38)25(31)15-16-40-2;/h3-14,18,25-26,32H,15-17,19,31H2,1-2H3;1H/t25-,26?;/m0./s1. The molecule has 0 bridgehead atoms. The summed E-state index contributed by atoms with van der Waals surface area (Å²) < 4.78 is 5.27. The van der Waals surface area contributed by atoms with Crippen LogP contribution in [0.4, 0.5) is 17.5 Å². The predicted molar refractivity (Wildman–Crippen MR) is 167 cm³/mol. The molecule has 3 N–H and O–H groups in total. The van der Waals surface area contributed by atoms with E-state index >= 15 is 0 Å². The van der Waals surface area contributed by atoms with Gasteiger partial charge in [-0.25, -0.2) is 9.88 Å². The molecule has 0 fully saturated rings. The summed E-state index contributed by atoms with van der Waals surface area (Å²) >= 11 is 1.64. The Morgan fingerprint density at radius 1 is 1.22 bits per heavy atom. The molecule has 1 unspecified atom stereocenters. The van der Waals surface area contributed by atoms with Crippen molar-refractivity contribution in [1.82, 2.24) is 15.3 Å². The van der Waals surface area contributed by atoms with Crippen LogP contribution in [0, 0.1) is 0 Å². The molecule has 2 heterocycles. The van der Waals surface area contributed by atoms with Crippen LogP contribution in [-0.2, 0) is 16.1 Å². The van der Waals surface area contributed by atoms with Crippen molar-refractivity contribution in [3.05, 3.63) is 90.1 Å². The first-order valence-electron chi connectivity index (χ1n) is 13.1. The fourth-order valence-electron chi connectivity index (χ4n) is 4.78. The lowest BCUT2D eigenvalue weighted by atomic mass is 9.92. The van der Waals surface area contributed by atoms with Crippen molar-refractivity contribution in [1.29, 1.82) is 0 Å². The van der Waals surface area contributed by atoms with Crippen LogP contribution in [0.15, 0.2) is 79.0 Å². The zero-order valence-corrected chi connectivity index (χ0v) is 24.5. The zero-order chi connectivity index (χ0) is 28.1. The molecule has 0 radical (unpaired) electrons. The third kappa shape index (κ3) is 6.46. The number of amides is 1. The van der Waals surface area contributed by atoms with E-state index in [2.05, 4.69) is 10.3 Å². The fourth-order valence-corrected chi connectivity index (χ4v) is 5.27. The summed E-state index contributed by atoms with van der Waals surface area (Å²) in [6.45, 7) is 0.955. The summed E-state index contributed by atoms with van der Waals surface area (Å²) in [7, 11) is 1.61. The number of anilines is 3. The Morgan fingerprint density at radius 2 is 1.98 bits per heavy atom. The number of carbonyl (C=O) groups excluding carboxylic acids is 2. The molecule has 1 amide bonds. The Labute approximate surface area is 250 Å². The molecular formula is C30H33ClN6O3S. The largest absolute Gasteiger partial charge is 0.497 e. The van der Waals surface area contributed by atoms with Crippen LogP contribution in [0.3, 0.4) is 0 Å². The van der Waals surface area contributed by atoms with Gasteiger partial charge in [-0.05, 0) is 48.3 Å². The quantitative estimate of drug-likeness (QED) is 0.379. The van der Waals surface area contributed by atoms with Crippen LogP contribution in [0.2, 0.25) is 0 Å². The number of halogens is 1. The molecule has 3 aromatic rings. The minimum atomic E-state index is -0.704. The number of ether oxygens (including phenoxy) is 1. The van der Waals surface area contributed by atoms with Crippen molar-refractivity contribution >= 4 is 58.9 Å². The second kappa shape index (κ2) is 13.8. The fraction of sp³-hybridized carbons (Fsp3) is 0.267. The van der Waals surface area contributed by atoms with Gasteiger partial charge in [-0.1, -0.05) is 48.6 Å². The molecule has 41 heavy (non-hydrogen) atoms. The van der Waals surface area contributed by atoms with Crippen LogP contribution in [0.5, 0.6) is 5.75 Å². The Balaban J connectivity index is 0.00000387. The molecule has 9 nitrogen and oxygen atoms in total. The summed E-state index contributed by atoms with van der Waals surface area (Å²) in [6, 6.07) is 15.4. The molecule has 2 aromatic carbocycles. The lowest BCUT2D eigenvalue weighted by Gasteiger charge is -2.36. The number of nitrogens with two attached hydrogens (primary N) is 1. The Bertz CT molecular complexity index is 1430. The molecule has 0 saturated heterocycles. The number of benzene rings is 2. The number of para-hydroxylation sites is 1. The van der Waals surface area contributed by atoms with Gasteiger partial charge in [0.15, 0.2) is 5.78 Å². The lowest BCUT2D eigenvalue weighted by molar-refractivity contribution is -0.119. The number of hydrogen-bond donors (Lipinski definition) is 2. The van der Waals surface area contributed by atoms with Crippen molar-refractivity contribution < 1.29 is 14.3 Å². The van der Waals surface area contributed by atoms with E-state index in [0.717, 1.165) is 22.6 Å². The van der Waals surface area contributed by atoms with Crippen LogP contribution in [-0.4, -0.2) is 59.5 Å². The summed E-state index contributed by atoms with van der Waals surface area (Å²) in [5, 5.41) is 3.34. The van der Waals surface area contributed by atoms with E-state index in [4.69, 9.17) is 15.5 Å². The molecule has 2 atom stereocenters. The van der Waals surface area contributed by atoms with Crippen LogP contribution in [0.25, 0.3) is 5.57 Å². The van der Waals surface area contributed by atoms with Gasteiger partial charge >= 0.3 is 0 Å². The average molecular weight is 593 g/mol. The van der Waals surface area contributed by atoms with Crippen LogP contribution < -0.4 is 25.6 Å². The molecule has 0 saturated carbocycles. The van der Waals surface area contributed by atoms with Crippen molar-refractivity contribution in [3.63, 3.8) is 0 Å². The van der Waals surface area contributed by atoms with Crippen molar-refractivity contribution in [2.75, 3.05) is 35.6 Å². The van der Waals surface area contributed by atoms with Gasteiger partial charge in [0, 0.05) is 23.9 Å². The van der Waals surface area contributed by atoms with E-state index in [1.807, 2.05) is 84.0 Å². The van der Waals surface area contributed by atoms with Crippen LogP contribution in [0.1, 0.15) is 17.5 Å². The minimum absolute atomic E-state index is 0.